The zero-order valence-electron chi connectivity index (χ0n) is 26.0. The van der Waals surface area contributed by atoms with Gasteiger partial charge in [-0.2, -0.15) is 0 Å². The highest BCUT2D eigenvalue weighted by Gasteiger charge is 2.78. The molecular weight excluding hydrogens is 572 g/mol. The van der Waals surface area contributed by atoms with Crippen LogP contribution in [0, 0.1) is 25.7 Å². The number of hydrogen-bond acceptors (Lipinski definition) is 6. The van der Waals surface area contributed by atoms with Gasteiger partial charge in [0.05, 0.1) is 35.8 Å². The topological polar surface area (TPSA) is 87.1 Å². The second-order valence-corrected chi connectivity index (χ2v) is 14.5. The Kier molecular flexibility index (Phi) is 9.42. The first kappa shape index (κ1) is 32.0. The number of amides is 2. The van der Waals surface area contributed by atoms with Crippen molar-refractivity contribution in [3.8, 4) is 0 Å². The summed E-state index contributed by atoms with van der Waals surface area (Å²) in [6, 6.07) is 13.7. The number of allylic oxidation sites excluding steroid dienone is 1. The Morgan fingerprint density at radius 2 is 1.89 bits per heavy atom. The Labute approximate surface area is 265 Å². The largest absolute Gasteiger partial charge is 0.465 e. The minimum Gasteiger partial charge on any atom is -0.465 e. The van der Waals surface area contributed by atoms with E-state index in [0.29, 0.717) is 12.8 Å². The third-order valence-electron chi connectivity index (χ3n) is 9.68. The molecule has 2 aromatic rings. The van der Waals surface area contributed by atoms with Crippen molar-refractivity contribution in [2.24, 2.45) is 11.8 Å². The van der Waals surface area contributed by atoms with E-state index >= 15 is 4.79 Å². The average molecular weight is 617 g/mol. The smallest absolute Gasteiger partial charge is 0.311 e. The maximum absolute atomic E-state index is 15.1. The number of nitrogens with zero attached hydrogens (tertiary/aromatic N) is 2. The molecule has 5 rings (SSSR count). The first-order valence-corrected chi connectivity index (χ1v) is 16.4. The predicted octanol–water partition coefficient (Wildman–Crippen LogP) is 5.94. The fraction of sp³-hybridized carbons (Fsp3) is 0.472. The van der Waals surface area contributed by atoms with Gasteiger partial charge in [-0.05, 0) is 75.6 Å². The molecule has 0 aromatic heterocycles. The highest BCUT2D eigenvalue weighted by molar-refractivity contribution is 8.02. The summed E-state index contributed by atoms with van der Waals surface area (Å²) in [6.45, 7) is 13.9. The SMILES string of the molecule is C=CCCCCOC(=O)[C@H]1[C@H]2C(=O)N([C@H](CO)c3ccccc3)C(C(=O)N(CC=C)c3cc(C)ccc3C)C23CC[C@]1(C)S3. The van der Waals surface area contributed by atoms with Crippen LogP contribution in [0.2, 0.25) is 0 Å². The summed E-state index contributed by atoms with van der Waals surface area (Å²) < 4.78 is 4.44. The van der Waals surface area contributed by atoms with Crippen molar-refractivity contribution < 1.29 is 24.2 Å². The Balaban J connectivity index is 1.60. The molecule has 1 N–H and O–H groups in total. The van der Waals surface area contributed by atoms with E-state index in [4.69, 9.17) is 4.74 Å². The van der Waals surface area contributed by atoms with Crippen LogP contribution in [-0.4, -0.2) is 63.1 Å². The van der Waals surface area contributed by atoms with Gasteiger partial charge in [0.1, 0.15) is 6.04 Å². The van der Waals surface area contributed by atoms with Gasteiger partial charge in [-0.15, -0.1) is 24.9 Å². The van der Waals surface area contributed by atoms with Gasteiger partial charge in [0, 0.05) is 17.0 Å². The van der Waals surface area contributed by atoms with Crippen molar-refractivity contribution in [1.29, 1.82) is 0 Å². The standard InChI is InChI=1S/C36H44N2O5S/c1-6-8-9-13-21-43-34(42)30-29-32(40)38(28(23-39)26-14-11-10-12-15-26)31(36(29)19-18-35(30,5)44-36)33(41)37(20-7-2)27-22-24(3)16-17-25(27)4/h6-7,10-12,14-17,22,28-31,39H,1-2,8-9,13,18-21,23H2,3-5H3/t28-,29+,30-,31?,35+,36?/m1/s1. The van der Waals surface area contributed by atoms with Crippen LogP contribution < -0.4 is 4.90 Å². The van der Waals surface area contributed by atoms with E-state index in [0.717, 1.165) is 41.6 Å². The molecule has 3 heterocycles. The van der Waals surface area contributed by atoms with Crippen LogP contribution in [0.15, 0.2) is 73.8 Å². The number of anilines is 1. The molecule has 0 aliphatic carbocycles. The average Bonchev–Trinajstić information content (AvgIpc) is 3.58. The number of unbranched alkanes of at least 4 members (excludes halogenated alkanes) is 2. The van der Waals surface area contributed by atoms with Crippen molar-refractivity contribution in [2.75, 3.05) is 24.7 Å². The van der Waals surface area contributed by atoms with Crippen LogP contribution in [0.3, 0.4) is 0 Å². The molecule has 0 radical (unpaired) electrons. The highest BCUT2D eigenvalue weighted by Crippen LogP contribution is 2.72. The lowest BCUT2D eigenvalue weighted by Gasteiger charge is -2.40. The van der Waals surface area contributed by atoms with Crippen LogP contribution >= 0.6 is 11.8 Å². The minimum absolute atomic E-state index is 0.223. The molecule has 44 heavy (non-hydrogen) atoms. The number of likely N-dealkylation sites (tertiary alicyclic amines) is 1. The number of aliphatic hydroxyl groups excluding tert-OH is 1. The van der Waals surface area contributed by atoms with Gasteiger partial charge in [-0.1, -0.05) is 54.6 Å². The molecule has 1 spiro atoms. The van der Waals surface area contributed by atoms with Crippen molar-refractivity contribution in [3.63, 3.8) is 0 Å². The number of thioether (sulfide) groups is 1. The molecule has 7 nitrogen and oxygen atoms in total. The number of esters is 1. The lowest BCUT2D eigenvalue weighted by Crippen LogP contribution is -2.56. The van der Waals surface area contributed by atoms with E-state index in [-0.39, 0.29) is 37.5 Å². The number of benzene rings is 2. The Morgan fingerprint density at radius 3 is 2.57 bits per heavy atom. The Bertz CT molecular complexity index is 1430. The molecule has 8 heteroatoms. The van der Waals surface area contributed by atoms with Gasteiger partial charge >= 0.3 is 5.97 Å². The Morgan fingerprint density at radius 1 is 1.14 bits per heavy atom. The lowest BCUT2D eigenvalue weighted by atomic mass is 9.66. The predicted molar refractivity (Wildman–Crippen MR) is 175 cm³/mol. The molecule has 0 saturated carbocycles. The first-order chi connectivity index (χ1) is 21.1. The summed E-state index contributed by atoms with van der Waals surface area (Å²) in [6.07, 6.45) is 7.29. The van der Waals surface area contributed by atoms with E-state index in [1.165, 1.54) is 0 Å². The second-order valence-electron chi connectivity index (χ2n) is 12.6. The number of aliphatic hydroxyl groups is 1. The minimum atomic E-state index is -0.894. The van der Waals surface area contributed by atoms with Crippen molar-refractivity contribution >= 4 is 35.2 Å². The fourth-order valence-electron chi connectivity index (χ4n) is 7.61. The quantitative estimate of drug-likeness (QED) is 0.170. The molecule has 6 atom stereocenters. The van der Waals surface area contributed by atoms with Crippen molar-refractivity contribution in [3.05, 3.63) is 90.5 Å². The number of carbonyl (C=O) groups is 3. The van der Waals surface area contributed by atoms with Crippen molar-refractivity contribution in [1.82, 2.24) is 4.90 Å². The maximum atomic E-state index is 15.1. The van der Waals surface area contributed by atoms with Crippen LogP contribution in [0.25, 0.3) is 0 Å². The zero-order valence-corrected chi connectivity index (χ0v) is 26.9. The molecule has 3 saturated heterocycles. The van der Waals surface area contributed by atoms with E-state index in [2.05, 4.69) is 13.2 Å². The molecule has 234 valence electrons. The third-order valence-corrected chi connectivity index (χ3v) is 11.7. The van der Waals surface area contributed by atoms with Gasteiger partial charge in [0.2, 0.25) is 5.91 Å². The second kappa shape index (κ2) is 12.9. The van der Waals surface area contributed by atoms with E-state index < -0.39 is 33.4 Å². The van der Waals surface area contributed by atoms with Crippen LogP contribution in [0.4, 0.5) is 5.69 Å². The Hall–Kier alpha value is -3.36. The third kappa shape index (κ3) is 5.40. The van der Waals surface area contributed by atoms with Crippen LogP contribution in [0.1, 0.15) is 61.8 Å². The van der Waals surface area contributed by atoms with Gasteiger partial charge in [0.15, 0.2) is 0 Å². The maximum Gasteiger partial charge on any atom is 0.311 e. The van der Waals surface area contributed by atoms with E-state index in [1.54, 1.807) is 27.6 Å². The lowest BCUT2D eigenvalue weighted by molar-refractivity contribution is -0.156. The van der Waals surface area contributed by atoms with Crippen LogP contribution in [0.5, 0.6) is 0 Å². The number of fused-ring (bicyclic) bond motifs is 1. The van der Waals surface area contributed by atoms with Gasteiger partial charge in [-0.25, -0.2) is 0 Å². The molecule has 2 bridgehead atoms. The molecule has 2 unspecified atom stereocenters. The number of ether oxygens (including phenoxy) is 1. The van der Waals surface area contributed by atoms with Gasteiger partial charge in [-0.3, -0.25) is 14.4 Å². The van der Waals surface area contributed by atoms with E-state index in [9.17, 15) is 14.7 Å². The number of hydrogen-bond donors (Lipinski definition) is 1. The zero-order chi connectivity index (χ0) is 31.6. The molecule has 2 amide bonds. The molecule has 2 aromatic carbocycles. The fourth-order valence-corrected chi connectivity index (χ4v) is 9.94. The van der Waals surface area contributed by atoms with Gasteiger partial charge < -0.3 is 19.6 Å². The summed E-state index contributed by atoms with van der Waals surface area (Å²) >= 11 is 1.61. The number of aryl methyl sites for hydroxylation is 2. The number of rotatable bonds is 13. The van der Waals surface area contributed by atoms with Crippen molar-refractivity contribution in [2.45, 2.75) is 74.5 Å². The summed E-state index contributed by atoms with van der Waals surface area (Å²) in [4.78, 5) is 46.9. The first-order valence-electron chi connectivity index (χ1n) is 15.6. The summed E-state index contributed by atoms with van der Waals surface area (Å²) in [7, 11) is 0. The number of carbonyl (C=O) groups excluding carboxylic acids is 3. The summed E-state index contributed by atoms with van der Waals surface area (Å²) in [5.41, 5.74) is 3.46. The monoisotopic (exact) mass is 616 g/mol. The van der Waals surface area contributed by atoms with Crippen LogP contribution in [-0.2, 0) is 19.1 Å². The van der Waals surface area contributed by atoms with Gasteiger partial charge in [0.25, 0.3) is 5.91 Å². The molecule has 3 aliphatic heterocycles. The molecular formula is C36H44N2O5S. The summed E-state index contributed by atoms with van der Waals surface area (Å²) in [5, 5.41) is 10.8. The van der Waals surface area contributed by atoms with E-state index in [1.807, 2.05) is 75.4 Å². The highest BCUT2D eigenvalue weighted by atomic mass is 32.2. The molecule has 3 aliphatic rings. The molecule has 3 fully saturated rings. The normalized spacial score (nSPS) is 27.6. The summed E-state index contributed by atoms with van der Waals surface area (Å²) in [5.74, 6) is -2.28.